The van der Waals surface area contributed by atoms with E-state index in [2.05, 4.69) is 29.0 Å². The van der Waals surface area contributed by atoms with E-state index < -0.39 is 5.82 Å². The van der Waals surface area contributed by atoms with Crippen LogP contribution in [0.15, 0.2) is 36.5 Å². The molecule has 6 heteroatoms. The predicted molar refractivity (Wildman–Crippen MR) is 96.4 cm³/mol. The number of aromatic nitrogens is 1. The number of halogens is 2. The van der Waals surface area contributed by atoms with E-state index in [1.807, 2.05) is 6.07 Å². The molecule has 128 valence electrons. The monoisotopic (exact) mass is 349 g/mol. The molecule has 0 spiro atoms. The zero-order valence-corrected chi connectivity index (χ0v) is 14.6. The highest BCUT2D eigenvalue weighted by molar-refractivity contribution is 6.31. The molecule has 1 amide bonds. The van der Waals surface area contributed by atoms with E-state index in [1.54, 1.807) is 12.3 Å². The lowest BCUT2D eigenvalue weighted by Gasteiger charge is -2.22. The third-order valence-corrected chi connectivity index (χ3v) is 3.79. The number of nitrogens with one attached hydrogen (secondary N) is 1. The fourth-order valence-electron chi connectivity index (χ4n) is 2.37. The van der Waals surface area contributed by atoms with Crippen molar-refractivity contribution in [2.24, 2.45) is 0 Å². The standard InChI is InChI=1S/C18H21ClFN3O/c1-3-9-23(10-4-2)17-8-5-13(12-21-17)18(24)22-14-6-7-16(20)15(19)11-14/h5-8,11-12H,3-4,9-10H2,1-2H3,(H,22,24). The van der Waals surface area contributed by atoms with Crippen molar-refractivity contribution in [2.45, 2.75) is 26.7 Å². The largest absolute Gasteiger partial charge is 0.357 e. The van der Waals surface area contributed by atoms with Crippen molar-refractivity contribution >= 4 is 29.0 Å². The molecular formula is C18H21ClFN3O. The highest BCUT2D eigenvalue weighted by Crippen LogP contribution is 2.20. The average molecular weight is 350 g/mol. The molecule has 4 nitrogen and oxygen atoms in total. The molecule has 2 aromatic rings. The lowest BCUT2D eigenvalue weighted by molar-refractivity contribution is 0.102. The van der Waals surface area contributed by atoms with Gasteiger partial charge in [-0.05, 0) is 43.2 Å². The van der Waals surface area contributed by atoms with Gasteiger partial charge in [0.1, 0.15) is 11.6 Å². The summed E-state index contributed by atoms with van der Waals surface area (Å²) in [5.74, 6) is 0.0296. The summed E-state index contributed by atoms with van der Waals surface area (Å²) in [7, 11) is 0. The lowest BCUT2D eigenvalue weighted by Crippen LogP contribution is -2.26. The fourth-order valence-corrected chi connectivity index (χ4v) is 2.55. The molecule has 0 aliphatic heterocycles. The highest BCUT2D eigenvalue weighted by atomic mass is 35.5. The number of carbonyl (C=O) groups excluding carboxylic acids is 1. The summed E-state index contributed by atoms with van der Waals surface area (Å²) in [6, 6.07) is 7.64. The van der Waals surface area contributed by atoms with Crippen LogP contribution in [0.3, 0.4) is 0 Å². The SMILES string of the molecule is CCCN(CCC)c1ccc(C(=O)Nc2ccc(F)c(Cl)c2)cn1. The van der Waals surface area contributed by atoms with Crippen LogP contribution in [0.25, 0.3) is 0 Å². The van der Waals surface area contributed by atoms with E-state index in [1.165, 1.54) is 18.2 Å². The molecule has 0 aliphatic carbocycles. The number of carbonyl (C=O) groups is 1. The summed E-state index contributed by atoms with van der Waals surface area (Å²) in [5.41, 5.74) is 0.876. The Morgan fingerprint density at radius 1 is 1.21 bits per heavy atom. The van der Waals surface area contributed by atoms with Gasteiger partial charge in [-0.2, -0.15) is 0 Å². The third-order valence-electron chi connectivity index (χ3n) is 3.50. The van der Waals surface area contributed by atoms with Gasteiger partial charge in [0.2, 0.25) is 0 Å². The van der Waals surface area contributed by atoms with Crippen LogP contribution in [0.4, 0.5) is 15.9 Å². The van der Waals surface area contributed by atoms with Gasteiger partial charge < -0.3 is 10.2 Å². The lowest BCUT2D eigenvalue weighted by atomic mass is 10.2. The van der Waals surface area contributed by atoms with Crippen LogP contribution < -0.4 is 10.2 Å². The van der Waals surface area contributed by atoms with Crippen LogP contribution in [0, 0.1) is 5.82 Å². The summed E-state index contributed by atoms with van der Waals surface area (Å²) in [6.45, 7) is 6.11. The second-order valence-electron chi connectivity index (χ2n) is 5.48. The predicted octanol–water partition coefficient (Wildman–Crippen LogP) is 4.75. The maximum Gasteiger partial charge on any atom is 0.257 e. The number of amides is 1. The number of benzene rings is 1. The summed E-state index contributed by atoms with van der Waals surface area (Å²) in [4.78, 5) is 18.8. The smallest absolute Gasteiger partial charge is 0.257 e. The molecule has 2 rings (SSSR count). The summed E-state index contributed by atoms with van der Waals surface area (Å²) < 4.78 is 13.1. The van der Waals surface area contributed by atoms with E-state index in [0.29, 0.717) is 11.3 Å². The Kier molecular flexibility index (Phi) is 6.55. The van der Waals surface area contributed by atoms with E-state index in [9.17, 15) is 9.18 Å². The maximum absolute atomic E-state index is 13.1. The van der Waals surface area contributed by atoms with Gasteiger partial charge in [0.15, 0.2) is 0 Å². The minimum atomic E-state index is -0.521. The van der Waals surface area contributed by atoms with Crippen LogP contribution in [0.2, 0.25) is 5.02 Å². The molecule has 0 bridgehead atoms. The van der Waals surface area contributed by atoms with Crippen molar-refractivity contribution < 1.29 is 9.18 Å². The number of hydrogen-bond donors (Lipinski definition) is 1. The van der Waals surface area contributed by atoms with Gasteiger partial charge in [-0.15, -0.1) is 0 Å². The van der Waals surface area contributed by atoms with Crippen LogP contribution in [-0.4, -0.2) is 24.0 Å². The first-order valence-electron chi connectivity index (χ1n) is 8.02. The minimum Gasteiger partial charge on any atom is -0.357 e. The number of nitrogens with zero attached hydrogens (tertiary/aromatic N) is 2. The zero-order chi connectivity index (χ0) is 17.5. The molecule has 0 aliphatic rings. The number of rotatable bonds is 7. The van der Waals surface area contributed by atoms with E-state index >= 15 is 0 Å². The topological polar surface area (TPSA) is 45.2 Å². The Morgan fingerprint density at radius 2 is 1.92 bits per heavy atom. The van der Waals surface area contributed by atoms with Gasteiger partial charge in [0.05, 0.1) is 10.6 Å². The molecule has 0 fully saturated rings. The van der Waals surface area contributed by atoms with Crippen molar-refractivity contribution in [2.75, 3.05) is 23.3 Å². The fraction of sp³-hybridized carbons (Fsp3) is 0.333. The van der Waals surface area contributed by atoms with Gasteiger partial charge in [-0.3, -0.25) is 4.79 Å². The average Bonchev–Trinajstić information content (AvgIpc) is 2.58. The van der Waals surface area contributed by atoms with Gasteiger partial charge in [-0.25, -0.2) is 9.37 Å². The van der Waals surface area contributed by atoms with Gasteiger partial charge in [0, 0.05) is 25.0 Å². The van der Waals surface area contributed by atoms with Crippen LogP contribution >= 0.6 is 11.6 Å². The molecule has 0 atom stereocenters. The van der Waals surface area contributed by atoms with Crippen molar-refractivity contribution in [3.8, 4) is 0 Å². The molecule has 1 aromatic carbocycles. The van der Waals surface area contributed by atoms with Gasteiger partial charge in [-0.1, -0.05) is 25.4 Å². The van der Waals surface area contributed by atoms with E-state index in [-0.39, 0.29) is 10.9 Å². The van der Waals surface area contributed by atoms with Crippen LogP contribution in [-0.2, 0) is 0 Å². The number of anilines is 2. The Morgan fingerprint density at radius 3 is 2.46 bits per heavy atom. The van der Waals surface area contributed by atoms with Gasteiger partial charge in [0.25, 0.3) is 5.91 Å². The van der Waals surface area contributed by atoms with Gasteiger partial charge >= 0.3 is 0 Å². The first-order valence-corrected chi connectivity index (χ1v) is 8.40. The molecule has 1 aromatic heterocycles. The molecule has 0 unspecified atom stereocenters. The Balaban J connectivity index is 2.08. The molecule has 24 heavy (non-hydrogen) atoms. The first-order chi connectivity index (χ1) is 11.5. The quantitative estimate of drug-likeness (QED) is 0.784. The molecule has 1 N–H and O–H groups in total. The Hall–Kier alpha value is -2.14. The molecule has 0 radical (unpaired) electrons. The zero-order valence-electron chi connectivity index (χ0n) is 13.9. The number of pyridine rings is 1. The van der Waals surface area contributed by atoms with Crippen molar-refractivity contribution in [1.29, 1.82) is 0 Å². The molecule has 0 saturated heterocycles. The summed E-state index contributed by atoms with van der Waals surface area (Å²) in [6.07, 6.45) is 3.62. The summed E-state index contributed by atoms with van der Waals surface area (Å²) >= 11 is 5.71. The summed E-state index contributed by atoms with van der Waals surface area (Å²) in [5, 5.41) is 2.65. The molecule has 1 heterocycles. The van der Waals surface area contributed by atoms with Crippen LogP contribution in [0.5, 0.6) is 0 Å². The van der Waals surface area contributed by atoms with Crippen molar-refractivity contribution in [1.82, 2.24) is 4.98 Å². The second-order valence-corrected chi connectivity index (χ2v) is 5.88. The molecular weight excluding hydrogens is 329 g/mol. The third kappa shape index (κ3) is 4.68. The highest BCUT2D eigenvalue weighted by Gasteiger charge is 2.11. The second kappa shape index (κ2) is 8.64. The molecule has 0 saturated carbocycles. The van der Waals surface area contributed by atoms with Crippen molar-refractivity contribution in [3.63, 3.8) is 0 Å². The number of hydrogen-bond acceptors (Lipinski definition) is 3. The van der Waals surface area contributed by atoms with E-state index in [0.717, 1.165) is 31.7 Å². The maximum atomic E-state index is 13.1. The van der Waals surface area contributed by atoms with Crippen molar-refractivity contribution in [3.05, 3.63) is 52.9 Å². The normalized spacial score (nSPS) is 10.5. The Bertz CT molecular complexity index is 685. The minimum absolute atomic E-state index is 0.0314. The first kappa shape index (κ1) is 18.2. The van der Waals surface area contributed by atoms with Crippen LogP contribution in [0.1, 0.15) is 37.0 Å². The van der Waals surface area contributed by atoms with E-state index in [4.69, 9.17) is 11.6 Å². The Labute approximate surface area is 146 Å².